The maximum atomic E-state index is 13.8. The van der Waals surface area contributed by atoms with Gasteiger partial charge in [-0.1, -0.05) is 60.7 Å². The summed E-state index contributed by atoms with van der Waals surface area (Å²) in [5.41, 5.74) is 1.53. The van der Waals surface area contributed by atoms with Gasteiger partial charge in [0.05, 0.1) is 24.2 Å². The Kier molecular flexibility index (Phi) is 12.3. The van der Waals surface area contributed by atoms with Crippen LogP contribution in [0.5, 0.6) is 5.75 Å². The van der Waals surface area contributed by atoms with Gasteiger partial charge in [-0.3, -0.25) is 9.59 Å². The molecule has 1 N–H and O–H groups in total. The average Bonchev–Trinajstić information content (AvgIpc) is 3.04. The predicted octanol–water partition coefficient (Wildman–Crippen LogP) is 3.79. The molecule has 1 heterocycles. The predicted molar refractivity (Wildman–Crippen MR) is 166 cm³/mol. The summed E-state index contributed by atoms with van der Waals surface area (Å²) in [6.45, 7) is 5.99. The molecule has 0 spiro atoms. The van der Waals surface area contributed by atoms with E-state index in [9.17, 15) is 18.0 Å². The van der Waals surface area contributed by atoms with E-state index in [0.717, 1.165) is 5.56 Å². The van der Waals surface area contributed by atoms with E-state index in [2.05, 4.69) is 5.32 Å². The van der Waals surface area contributed by atoms with Crippen LogP contribution >= 0.6 is 0 Å². The number of morpholine rings is 1. The zero-order valence-electron chi connectivity index (χ0n) is 25.3. The number of benzene rings is 3. The average molecular weight is 624 g/mol. The minimum Gasteiger partial charge on any atom is -0.484 e. The molecule has 0 bridgehead atoms. The van der Waals surface area contributed by atoms with Gasteiger partial charge in [-0.15, -0.1) is 0 Å². The van der Waals surface area contributed by atoms with E-state index in [-0.39, 0.29) is 30.1 Å². The quantitative estimate of drug-likeness (QED) is 0.256. The maximum Gasteiger partial charge on any atom is 0.261 e. The molecule has 1 fully saturated rings. The Morgan fingerprint density at radius 1 is 0.932 bits per heavy atom. The number of nitrogens with zero attached hydrogens (tertiary/aromatic N) is 2. The Labute approximate surface area is 260 Å². The normalized spacial score (nSPS) is 14.6. The van der Waals surface area contributed by atoms with Crippen LogP contribution in [0.4, 0.5) is 0 Å². The Morgan fingerprint density at radius 3 is 2.20 bits per heavy atom. The van der Waals surface area contributed by atoms with Gasteiger partial charge in [-0.25, -0.2) is 8.42 Å². The Balaban J connectivity index is 1.50. The van der Waals surface area contributed by atoms with Crippen LogP contribution in [0.15, 0.2) is 89.8 Å². The first-order valence-corrected chi connectivity index (χ1v) is 16.3. The van der Waals surface area contributed by atoms with Crippen molar-refractivity contribution in [3.63, 3.8) is 0 Å². The molecular weight excluding hydrogens is 582 g/mol. The van der Waals surface area contributed by atoms with Crippen molar-refractivity contribution < 1.29 is 32.2 Å². The van der Waals surface area contributed by atoms with Crippen LogP contribution in [0, 0.1) is 0 Å². The summed E-state index contributed by atoms with van der Waals surface area (Å²) in [7, 11) is -3.66. The van der Waals surface area contributed by atoms with Crippen molar-refractivity contribution in [2.45, 2.75) is 43.9 Å². The molecule has 3 aromatic carbocycles. The summed E-state index contributed by atoms with van der Waals surface area (Å²) in [6.07, 6.45) is 0.741. The first-order valence-electron chi connectivity index (χ1n) is 14.8. The number of amides is 2. The number of carbonyl (C=O) groups excluding carboxylic acids is 2. The molecule has 3 aromatic rings. The van der Waals surface area contributed by atoms with Gasteiger partial charge in [0.1, 0.15) is 11.8 Å². The molecule has 10 nitrogen and oxygen atoms in total. The smallest absolute Gasteiger partial charge is 0.261 e. The van der Waals surface area contributed by atoms with E-state index < -0.39 is 22.0 Å². The molecule has 1 atom stereocenters. The summed E-state index contributed by atoms with van der Waals surface area (Å²) < 4.78 is 44.0. The van der Waals surface area contributed by atoms with Crippen molar-refractivity contribution in [1.82, 2.24) is 14.5 Å². The van der Waals surface area contributed by atoms with E-state index in [0.29, 0.717) is 57.2 Å². The number of hydrogen-bond donors (Lipinski definition) is 1. The Hall–Kier alpha value is -3.77. The SMILES string of the molecule is CC(C)OCCCNC(=O)[C@H](c1ccccc1)N(Cc1ccccc1)C(=O)COc1ccc(S(=O)(=O)N2CCOCC2)cc1. The van der Waals surface area contributed by atoms with E-state index in [1.165, 1.54) is 33.5 Å². The zero-order valence-corrected chi connectivity index (χ0v) is 26.1. The third kappa shape index (κ3) is 9.36. The largest absolute Gasteiger partial charge is 0.484 e. The summed E-state index contributed by atoms with van der Waals surface area (Å²) in [5.74, 6) is -0.362. The van der Waals surface area contributed by atoms with Crippen LogP contribution in [0.3, 0.4) is 0 Å². The van der Waals surface area contributed by atoms with Crippen molar-refractivity contribution in [3.05, 3.63) is 96.1 Å². The Bertz CT molecular complexity index is 1430. The molecule has 44 heavy (non-hydrogen) atoms. The van der Waals surface area contributed by atoms with Crippen molar-refractivity contribution >= 4 is 21.8 Å². The maximum absolute atomic E-state index is 13.8. The fourth-order valence-corrected chi connectivity index (χ4v) is 6.19. The standard InChI is InChI=1S/C33H41N3O7S/c1-26(2)42-21-9-18-34-33(38)32(28-12-7-4-8-13-28)36(24-27-10-5-3-6-11-27)31(37)25-43-29-14-16-30(17-15-29)44(39,40)35-19-22-41-23-20-35/h3-8,10-17,26,32H,9,18-25H2,1-2H3,(H,34,38)/t32-/m0/s1. The molecule has 1 aliphatic rings. The lowest BCUT2D eigenvalue weighted by molar-refractivity contribution is -0.143. The number of sulfonamides is 1. The van der Waals surface area contributed by atoms with Gasteiger partial charge in [0, 0.05) is 32.8 Å². The van der Waals surface area contributed by atoms with E-state index in [1.54, 1.807) is 0 Å². The number of carbonyl (C=O) groups is 2. The van der Waals surface area contributed by atoms with E-state index >= 15 is 0 Å². The highest BCUT2D eigenvalue weighted by atomic mass is 32.2. The van der Waals surface area contributed by atoms with Crippen LogP contribution in [-0.2, 0) is 35.6 Å². The van der Waals surface area contributed by atoms with Crippen LogP contribution in [-0.4, -0.2) is 81.6 Å². The lowest BCUT2D eigenvalue weighted by Gasteiger charge is -2.31. The molecule has 4 rings (SSSR count). The van der Waals surface area contributed by atoms with Crippen LogP contribution in [0.1, 0.15) is 37.4 Å². The summed E-state index contributed by atoms with van der Waals surface area (Å²) in [6, 6.07) is 23.7. The molecule has 236 valence electrons. The molecule has 0 aromatic heterocycles. The van der Waals surface area contributed by atoms with Gasteiger partial charge in [0.15, 0.2) is 6.61 Å². The van der Waals surface area contributed by atoms with E-state index in [1.807, 2.05) is 74.5 Å². The van der Waals surface area contributed by atoms with Gasteiger partial charge in [0.2, 0.25) is 15.9 Å². The third-order valence-electron chi connectivity index (χ3n) is 7.06. The van der Waals surface area contributed by atoms with Crippen LogP contribution in [0.2, 0.25) is 0 Å². The highest BCUT2D eigenvalue weighted by Crippen LogP contribution is 2.25. The molecule has 0 aliphatic carbocycles. The topological polar surface area (TPSA) is 114 Å². The molecule has 0 saturated carbocycles. The highest BCUT2D eigenvalue weighted by molar-refractivity contribution is 7.89. The van der Waals surface area contributed by atoms with Gasteiger partial charge in [0.25, 0.3) is 5.91 Å². The summed E-state index contributed by atoms with van der Waals surface area (Å²) >= 11 is 0. The van der Waals surface area contributed by atoms with Gasteiger partial charge in [-0.05, 0) is 55.7 Å². The first kappa shape index (κ1) is 33.1. The van der Waals surface area contributed by atoms with Crippen LogP contribution in [0.25, 0.3) is 0 Å². The van der Waals surface area contributed by atoms with Crippen molar-refractivity contribution in [1.29, 1.82) is 0 Å². The molecule has 2 amide bonds. The molecule has 11 heteroatoms. The number of ether oxygens (including phenoxy) is 3. The molecule has 1 aliphatic heterocycles. The second-order valence-electron chi connectivity index (χ2n) is 10.7. The summed E-state index contributed by atoms with van der Waals surface area (Å²) in [4.78, 5) is 29.1. The van der Waals surface area contributed by atoms with Crippen LogP contribution < -0.4 is 10.1 Å². The van der Waals surface area contributed by atoms with Crippen molar-refractivity contribution in [2.24, 2.45) is 0 Å². The third-order valence-corrected chi connectivity index (χ3v) is 8.97. The molecule has 1 saturated heterocycles. The minimum absolute atomic E-state index is 0.104. The second kappa shape index (κ2) is 16.3. The summed E-state index contributed by atoms with van der Waals surface area (Å²) in [5, 5.41) is 2.97. The Morgan fingerprint density at radius 2 is 1.57 bits per heavy atom. The van der Waals surface area contributed by atoms with Gasteiger partial charge < -0.3 is 24.4 Å². The van der Waals surface area contributed by atoms with E-state index in [4.69, 9.17) is 14.2 Å². The second-order valence-corrected chi connectivity index (χ2v) is 12.6. The van der Waals surface area contributed by atoms with Gasteiger partial charge >= 0.3 is 0 Å². The molecule has 0 unspecified atom stereocenters. The highest BCUT2D eigenvalue weighted by Gasteiger charge is 2.32. The zero-order chi connectivity index (χ0) is 31.4. The lowest BCUT2D eigenvalue weighted by Crippen LogP contribution is -2.45. The minimum atomic E-state index is -3.66. The monoisotopic (exact) mass is 623 g/mol. The molecular formula is C33H41N3O7S. The van der Waals surface area contributed by atoms with Gasteiger partial charge in [-0.2, -0.15) is 4.31 Å². The van der Waals surface area contributed by atoms with Crippen molar-refractivity contribution in [2.75, 3.05) is 46.1 Å². The fourth-order valence-electron chi connectivity index (χ4n) is 4.78. The number of nitrogens with one attached hydrogen (secondary N) is 1. The fraction of sp³-hybridized carbons (Fsp3) is 0.394. The molecule has 0 radical (unpaired) electrons. The first-order chi connectivity index (χ1) is 21.3. The lowest BCUT2D eigenvalue weighted by atomic mass is 10.0. The number of hydrogen-bond acceptors (Lipinski definition) is 7. The van der Waals surface area contributed by atoms with Crippen molar-refractivity contribution in [3.8, 4) is 5.75 Å². The number of rotatable bonds is 15.